The van der Waals surface area contributed by atoms with Gasteiger partial charge in [-0.1, -0.05) is 0 Å². The fraction of sp³-hybridized carbons (Fsp3) is 0.692. The van der Waals surface area contributed by atoms with Gasteiger partial charge in [0.1, 0.15) is 0 Å². The normalized spacial score (nSPS) is 18.4. The molecule has 2 N–H and O–H groups in total. The summed E-state index contributed by atoms with van der Waals surface area (Å²) in [4.78, 5) is 9.20. The first-order chi connectivity index (χ1) is 9.40. The second kappa shape index (κ2) is 6.05. The highest BCUT2D eigenvalue weighted by Crippen LogP contribution is 2.26. The van der Waals surface area contributed by atoms with Crippen LogP contribution < -0.4 is 5.73 Å². The molecule has 0 radical (unpaired) electrons. The minimum Gasteiger partial charge on any atom is -0.330 e. The van der Waals surface area contributed by atoms with E-state index in [-0.39, 0.29) is 0 Å². The molecule has 4 nitrogen and oxygen atoms in total. The molecule has 0 bridgehead atoms. The van der Waals surface area contributed by atoms with Crippen molar-refractivity contribution in [3.63, 3.8) is 0 Å². The second-order valence-electron chi connectivity index (χ2n) is 5.26. The molecule has 7 heteroatoms. The molecule has 1 fully saturated rings. The molecule has 1 aromatic rings. The van der Waals surface area contributed by atoms with Gasteiger partial charge in [0.15, 0.2) is 0 Å². The van der Waals surface area contributed by atoms with E-state index >= 15 is 0 Å². The fourth-order valence-corrected chi connectivity index (χ4v) is 2.40. The van der Waals surface area contributed by atoms with E-state index in [4.69, 9.17) is 5.73 Å². The Bertz CT molecular complexity index is 453. The van der Waals surface area contributed by atoms with E-state index < -0.39 is 12.0 Å². The van der Waals surface area contributed by atoms with Gasteiger partial charge in [-0.3, -0.25) is 4.90 Å². The van der Waals surface area contributed by atoms with Crippen molar-refractivity contribution in [2.75, 3.05) is 19.6 Å². The van der Waals surface area contributed by atoms with Crippen LogP contribution in [0.1, 0.15) is 29.9 Å². The van der Waals surface area contributed by atoms with Crippen molar-refractivity contribution < 1.29 is 13.2 Å². The van der Waals surface area contributed by atoms with E-state index in [1.54, 1.807) is 6.92 Å². The average molecular weight is 288 g/mol. The summed E-state index contributed by atoms with van der Waals surface area (Å²) in [5.74, 6) is -0.503. The maximum atomic E-state index is 12.5. The number of hydrogen-bond donors (Lipinski definition) is 1. The molecule has 0 aliphatic carbocycles. The van der Waals surface area contributed by atoms with E-state index in [1.165, 1.54) is 6.20 Å². The van der Waals surface area contributed by atoms with Crippen LogP contribution in [0.3, 0.4) is 0 Å². The van der Waals surface area contributed by atoms with Gasteiger partial charge >= 0.3 is 6.18 Å². The maximum Gasteiger partial charge on any atom is 0.451 e. The summed E-state index contributed by atoms with van der Waals surface area (Å²) < 4.78 is 37.5. The summed E-state index contributed by atoms with van der Waals surface area (Å²) in [7, 11) is 0. The van der Waals surface area contributed by atoms with Crippen molar-refractivity contribution in [2.24, 2.45) is 11.7 Å². The van der Waals surface area contributed by atoms with E-state index in [0.29, 0.717) is 24.7 Å². The molecule has 1 saturated heterocycles. The second-order valence-corrected chi connectivity index (χ2v) is 5.26. The summed E-state index contributed by atoms with van der Waals surface area (Å²) >= 11 is 0. The predicted octanol–water partition coefficient (Wildman–Crippen LogP) is 1.97. The third-order valence-corrected chi connectivity index (χ3v) is 3.77. The zero-order chi connectivity index (χ0) is 14.8. The van der Waals surface area contributed by atoms with Gasteiger partial charge in [0, 0.05) is 24.0 Å². The van der Waals surface area contributed by atoms with Crippen molar-refractivity contribution in [1.29, 1.82) is 0 Å². The van der Waals surface area contributed by atoms with Gasteiger partial charge in [-0.2, -0.15) is 13.2 Å². The quantitative estimate of drug-likeness (QED) is 0.924. The Morgan fingerprint density at radius 2 is 2.00 bits per heavy atom. The van der Waals surface area contributed by atoms with Crippen LogP contribution in [0.4, 0.5) is 13.2 Å². The molecule has 0 saturated carbocycles. The minimum atomic E-state index is -4.48. The molecule has 1 aromatic heterocycles. The number of rotatable bonds is 3. The number of piperidine rings is 1. The van der Waals surface area contributed by atoms with Gasteiger partial charge in [0.05, 0.1) is 0 Å². The van der Waals surface area contributed by atoms with Crippen molar-refractivity contribution in [2.45, 2.75) is 32.5 Å². The van der Waals surface area contributed by atoms with E-state index in [2.05, 4.69) is 14.9 Å². The highest BCUT2D eigenvalue weighted by molar-refractivity contribution is 5.17. The molecule has 0 aromatic carbocycles. The molecule has 0 spiro atoms. The lowest BCUT2D eigenvalue weighted by Crippen LogP contribution is -2.35. The molecular formula is C13H19F3N4. The summed E-state index contributed by atoms with van der Waals surface area (Å²) in [6.07, 6.45) is -1.11. The molecule has 0 unspecified atom stereocenters. The first-order valence-electron chi connectivity index (χ1n) is 6.72. The highest BCUT2D eigenvalue weighted by atomic mass is 19.4. The SMILES string of the molecule is Cc1nc(C(F)(F)F)ncc1CN1CCC(CN)CC1. The molecule has 1 aliphatic rings. The Balaban J connectivity index is 2.00. The van der Waals surface area contributed by atoms with Gasteiger partial charge in [-0.15, -0.1) is 0 Å². The molecule has 20 heavy (non-hydrogen) atoms. The standard InChI is InChI=1S/C13H19F3N4/c1-9-11(7-18-12(19-9)13(14,15)16)8-20-4-2-10(6-17)3-5-20/h7,10H,2-6,8,17H2,1H3. The Labute approximate surface area is 116 Å². The molecule has 112 valence electrons. The van der Waals surface area contributed by atoms with Gasteiger partial charge in [0.2, 0.25) is 5.82 Å². The number of nitrogens with zero attached hydrogens (tertiary/aromatic N) is 3. The molecule has 2 heterocycles. The number of alkyl halides is 3. The number of hydrogen-bond acceptors (Lipinski definition) is 4. The summed E-state index contributed by atoms with van der Waals surface area (Å²) in [5.41, 5.74) is 6.79. The van der Waals surface area contributed by atoms with Crippen molar-refractivity contribution in [3.05, 3.63) is 23.3 Å². The highest BCUT2D eigenvalue weighted by Gasteiger charge is 2.34. The fourth-order valence-electron chi connectivity index (χ4n) is 2.40. The zero-order valence-electron chi connectivity index (χ0n) is 11.5. The van der Waals surface area contributed by atoms with Crippen molar-refractivity contribution in [1.82, 2.24) is 14.9 Å². The van der Waals surface area contributed by atoms with Crippen LogP contribution in [0, 0.1) is 12.8 Å². The van der Waals surface area contributed by atoms with Crippen molar-refractivity contribution in [3.8, 4) is 0 Å². The van der Waals surface area contributed by atoms with Crippen LogP contribution in [0.5, 0.6) is 0 Å². The van der Waals surface area contributed by atoms with Crippen LogP contribution in [-0.4, -0.2) is 34.5 Å². The zero-order valence-corrected chi connectivity index (χ0v) is 11.5. The number of nitrogens with two attached hydrogens (primary N) is 1. The topological polar surface area (TPSA) is 55.0 Å². The lowest BCUT2D eigenvalue weighted by atomic mass is 9.97. The first-order valence-corrected chi connectivity index (χ1v) is 6.72. The molecule has 2 rings (SSSR count). The summed E-state index contributed by atoms with van der Waals surface area (Å²) in [6, 6.07) is 0. The van der Waals surface area contributed by atoms with Gasteiger partial charge in [0.25, 0.3) is 0 Å². The maximum absolute atomic E-state index is 12.5. The van der Waals surface area contributed by atoms with Gasteiger partial charge in [-0.25, -0.2) is 9.97 Å². The largest absolute Gasteiger partial charge is 0.451 e. The van der Waals surface area contributed by atoms with Crippen LogP contribution >= 0.6 is 0 Å². The third-order valence-electron chi connectivity index (χ3n) is 3.77. The lowest BCUT2D eigenvalue weighted by Gasteiger charge is -2.31. The minimum absolute atomic E-state index is 0.397. The van der Waals surface area contributed by atoms with Crippen LogP contribution in [-0.2, 0) is 12.7 Å². The van der Waals surface area contributed by atoms with Crippen LogP contribution in [0.15, 0.2) is 6.20 Å². The van der Waals surface area contributed by atoms with E-state index in [0.717, 1.165) is 31.5 Å². The van der Waals surface area contributed by atoms with Gasteiger partial charge in [-0.05, 0) is 45.3 Å². The van der Waals surface area contributed by atoms with Gasteiger partial charge < -0.3 is 5.73 Å². The van der Waals surface area contributed by atoms with E-state index in [1.807, 2.05) is 0 Å². The lowest BCUT2D eigenvalue weighted by molar-refractivity contribution is -0.145. The Morgan fingerprint density at radius 1 is 1.35 bits per heavy atom. The van der Waals surface area contributed by atoms with Crippen molar-refractivity contribution >= 4 is 0 Å². The Morgan fingerprint density at radius 3 is 2.50 bits per heavy atom. The van der Waals surface area contributed by atoms with E-state index in [9.17, 15) is 13.2 Å². The molecular weight excluding hydrogens is 269 g/mol. The smallest absolute Gasteiger partial charge is 0.330 e. The summed E-state index contributed by atoms with van der Waals surface area (Å²) in [6.45, 7) is 4.74. The molecule has 0 atom stereocenters. The van der Waals surface area contributed by atoms with Crippen LogP contribution in [0.25, 0.3) is 0 Å². The number of likely N-dealkylation sites (tertiary alicyclic amines) is 1. The third kappa shape index (κ3) is 3.67. The molecule has 0 amide bonds. The number of aromatic nitrogens is 2. The Hall–Kier alpha value is -1.21. The number of aryl methyl sites for hydroxylation is 1. The summed E-state index contributed by atoms with van der Waals surface area (Å²) in [5, 5.41) is 0. The Kier molecular flexibility index (Phi) is 4.59. The first kappa shape index (κ1) is 15.2. The predicted molar refractivity (Wildman–Crippen MR) is 68.8 cm³/mol. The average Bonchev–Trinajstić information content (AvgIpc) is 2.41. The van der Waals surface area contributed by atoms with Crippen LogP contribution in [0.2, 0.25) is 0 Å². The molecule has 1 aliphatic heterocycles. The monoisotopic (exact) mass is 288 g/mol. The number of halogens is 3.